The van der Waals surface area contributed by atoms with Crippen molar-refractivity contribution in [2.45, 2.75) is 6.42 Å². The maximum Gasteiger partial charge on any atom is 0.747 e. The van der Waals surface area contributed by atoms with Crippen molar-refractivity contribution >= 4 is 8.25 Å². The molecule has 0 aliphatic carbocycles. The summed E-state index contributed by atoms with van der Waals surface area (Å²) in [7, 11) is -2.59. The molecule has 0 radical (unpaired) electrons. The smallest absolute Gasteiger partial charge is 0.396 e. The molecule has 1 unspecified atom stereocenters. The predicted octanol–water partition coefficient (Wildman–Crippen LogP) is 1.25. The molecule has 0 heterocycles. The Kier molecular flexibility index (Phi) is 3.83. The highest BCUT2D eigenvalue weighted by atomic mass is 31.1. The Labute approximate surface area is 76.7 Å². The molecule has 0 fully saturated rings. The van der Waals surface area contributed by atoms with E-state index < -0.39 is 8.25 Å². The third-order valence-corrected chi connectivity index (χ3v) is 1.87. The molecule has 70 valence electrons. The Balaban J connectivity index is 2.64. The van der Waals surface area contributed by atoms with Gasteiger partial charge in [-0.05, 0) is 24.1 Å². The summed E-state index contributed by atoms with van der Waals surface area (Å²) in [6.45, 7) is 0.0917. The van der Waals surface area contributed by atoms with E-state index in [-0.39, 0.29) is 6.61 Å². The van der Waals surface area contributed by atoms with Crippen molar-refractivity contribution < 1.29 is 19.1 Å². The minimum atomic E-state index is -2.59. The first-order valence-corrected chi connectivity index (χ1v) is 4.89. The second-order valence-electron chi connectivity index (χ2n) is 2.45. The molecule has 1 aromatic rings. The molecule has 1 atom stereocenters. The van der Waals surface area contributed by atoms with Gasteiger partial charge in [-0.2, -0.15) is 0 Å². The van der Waals surface area contributed by atoms with Crippen molar-refractivity contribution in [1.82, 2.24) is 0 Å². The highest BCUT2D eigenvalue weighted by molar-refractivity contribution is 7.32. The second-order valence-corrected chi connectivity index (χ2v) is 3.10. The summed E-state index contributed by atoms with van der Waals surface area (Å²) in [6, 6.07) is 6.66. The Hall–Kier alpha value is -0.960. The van der Waals surface area contributed by atoms with E-state index in [0.717, 1.165) is 5.56 Å². The van der Waals surface area contributed by atoms with Gasteiger partial charge in [0, 0.05) is 11.2 Å². The van der Waals surface area contributed by atoms with Crippen LogP contribution in [0, 0.1) is 0 Å². The lowest BCUT2D eigenvalue weighted by molar-refractivity contribution is 0.299. The largest absolute Gasteiger partial charge is 0.747 e. The molecule has 1 rings (SSSR count). The van der Waals surface area contributed by atoms with Gasteiger partial charge in [0.15, 0.2) is 5.75 Å². The quantitative estimate of drug-likeness (QED) is 0.719. The van der Waals surface area contributed by atoms with Crippen LogP contribution in [0.1, 0.15) is 5.56 Å². The predicted molar refractivity (Wildman–Crippen MR) is 47.7 cm³/mol. The Morgan fingerprint density at radius 2 is 1.92 bits per heavy atom. The van der Waals surface area contributed by atoms with Crippen LogP contribution in [0.5, 0.6) is 5.75 Å². The van der Waals surface area contributed by atoms with E-state index in [1.54, 1.807) is 24.3 Å². The molecule has 13 heavy (non-hydrogen) atoms. The summed E-state index contributed by atoms with van der Waals surface area (Å²) in [5.41, 5.74) is 0.961. The van der Waals surface area contributed by atoms with Crippen LogP contribution in [-0.2, 0) is 11.0 Å². The zero-order valence-corrected chi connectivity index (χ0v) is 7.78. The zero-order valence-electron chi connectivity index (χ0n) is 6.88. The first-order chi connectivity index (χ1) is 6.22. The molecular weight excluding hydrogens is 191 g/mol. The van der Waals surface area contributed by atoms with Crippen molar-refractivity contribution in [1.29, 1.82) is 0 Å². The molecule has 0 bridgehead atoms. The summed E-state index contributed by atoms with van der Waals surface area (Å²) in [5, 5.41) is 8.62. The lowest BCUT2D eigenvalue weighted by Gasteiger charge is -1.96. The Morgan fingerprint density at radius 3 is 2.38 bits per heavy atom. The van der Waals surface area contributed by atoms with Gasteiger partial charge in [0.05, 0.1) is 0 Å². The first-order valence-electron chi connectivity index (χ1n) is 3.76. The van der Waals surface area contributed by atoms with Crippen LogP contribution in [0.25, 0.3) is 0 Å². The lowest BCUT2D eigenvalue weighted by atomic mass is 10.2. The summed E-state index contributed by atoms with van der Waals surface area (Å²) in [6.07, 6.45) is 0.575. The monoisotopic (exact) mass is 201 g/mol. The van der Waals surface area contributed by atoms with Gasteiger partial charge >= 0.3 is 8.25 Å². The van der Waals surface area contributed by atoms with Gasteiger partial charge < -0.3 is 5.11 Å². The second kappa shape index (κ2) is 4.92. The fourth-order valence-electron chi connectivity index (χ4n) is 0.936. The van der Waals surface area contributed by atoms with Gasteiger partial charge in [-0.1, -0.05) is 12.1 Å². The molecule has 4 nitrogen and oxygen atoms in total. The van der Waals surface area contributed by atoms with E-state index in [4.69, 9.17) is 10.00 Å². The molecule has 2 N–H and O–H groups in total. The highest BCUT2D eigenvalue weighted by Crippen LogP contribution is 2.22. The molecule has 0 aliphatic rings. The third kappa shape index (κ3) is 3.51. The van der Waals surface area contributed by atoms with Crippen LogP contribution in [0.4, 0.5) is 0 Å². The fourth-order valence-corrected chi connectivity index (χ4v) is 1.24. The molecule has 1 aromatic carbocycles. The van der Waals surface area contributed by atoms with Crippen molar-refractivity contribution in [3.63, 3.8) is 0 Å². The average molecular weight is 201 g/mol. The van der Waals surface area contributed by atoms with Crippen molar-refractivity contribution in [3.05, 3.63) is 29.8 Å². The number of hydrogen-bond acceptors (Lipinski definition) is 3. The Bertz CT molecular complexity index is 283. The van der Waals surface area contributed by atoms with Gasteiger partial charge in [-0.25, -0.2) is 4.52 Å². The van der Waals surface area contributed by atoms with Crippen LogP contribution in [0.2, 0.25) is 0 Å². The molecule has 0 amide bonds. The standard InChI is InChI=1S/C8H9O4P/c9-6-5-7-1-3-8(4-2-7)12-13(10)11/h1-4,9H,5-6H2/p+1. The van der Waals surface area contributed by atoms with Crippen LogP contribution in [0.15, 0.2) is 24.3 Å². The van der Waals surface area contributed by atoms with E-state index in [0.29, 0.717) is 12.2 Å². The van der Waals surface area contributed by atoms with Crippen LogP contribution in [-0.4, -0.2) is 16.6 Å². The minimum Gasteiger partial charge on any atom is -0.396 e. The van der Waals surface area contributed by atoms with Crippen LogP contribution in [0.3, 0.4) is 0 Å². The number of aliphatic hydroxyl groups excluding tert-OH is 1. The topological polar surface area (TPSA) is 66.8 Å². The summed E-state index contributed by atoms with van der Waals surface area (Å²) in [4.78, 5) is 8.43. The summed E-state index contributed by atoms with van der Waals surface area (Å²) in [5.74, 6) is 0.352. The maximum atomic E-state index is 10.3. The number of hydrogen-bond donors (Lipinski definition) is 2. The molecule has 0 saturated carbocycles. The molecule has 5 heteroatoms. The van der Waals surface area contributed by atoms with Crippen molar-refractivity contribution in [2.75, 3.05) is 6.61 Å². The van der Waals surface area contributed by atoms with Gasteiger partial charge in [0.1, 0.15) is 0 Å². The van der Waals surface area contributed by atoms with Crippen molar-refractivity contribution in [3.8, 4) is 5.75 Å². The molecule has 0 spiro atoms. The summed E-state index contributed by atoms with van der Waals surface area (Å²) < 4.78 is 14.8. The van der Waals surface area contributed by atoms with E-state index in [9.17, 15) is 4.57 Å². The average Bonchev–Trinajstić information content (AvgIpc) is 2.08. The number of benzene rings is 1. The normalized spacial score (nSPS) is 11.1. The molecule has 0 aliphatic heterocycles. The molecular formula is C8H10O4P+. The van der Waals surface area contributed by atoms with Crippen LogP contribution < -0.4 is 4.52 Å². The Morgan fingerprint density at radius 1 is 1.31 bits per heavy atom. The van der Waals surface area contributed by atoms with E-state index in [1.165, 1.54) is 0 Å². The van der Waals surface area contributed by atoms with E-state index >= 15 is 0 Å². The minimum absolute atomic E-state index is 0.0917. The fraction of sp³-hybridized carbons (Fsp3) is 0.250. The number of aliphatic hydroxyl groups is 1. The van der Waals surface area contributed by atoms with Gasteiger partial charge in [0.25, 0.3) is 0 Å². The SMILES string of the molecule is O=[P+](O)Oc1ccc(CCO)cc1. The van der Waals surface area contributed by atoms with Crippen molar-refractivity contribution in [2.24, 2.45) is 0 Å². The summed E-state index contributed by atoms with van der Waals surface area (Å²) >= 11 is 0. The van der Waals surface area contributed by atoms with E-state index in [2.05, 4.69) is 4.52 Å². The molecule has 0 aromatic heterocycles. The van der Waals surface area contributed by atoms with E-state index in [1.807, 2.05) is 0 Å². The van der Waals surface area contributed by atoms with Gasteiger partial charge in [0.2, 0.25) is 0 Å². The molecule has 0 saturated heterocycles. The van der Waals surface area contributed by atoms with Gasteiger partial charge in [-0.15, -0.1) is 4.89 Å². The maximum absolute atomic E-state index is 10.3. The number of rotatable bonds is 4. The first kappa shape index (κ1) is 10.1. The lowest BCUT2D eigenvalue weighted by Crippen LogP contribution is -1.89. The van der Waals surface area contributed by atoms with Crippen LogP contribution >= 0.6 is 8.25 Å². The zero-order chi connectivity index (χ0) is 9.68. The third-order valence-electron chi connectivity index (χ3n) is 1.51. The highest BCUT2D eigenvalue weighted by Gasteiger charge is 2.13. The van der Waals surface area contributed by atoms with Gasteiger partial charge in [-0.3, -0.25) is 0 Å².